The van der Waals surface area contributed by atoms with E-state index in [4.69, 9.17) is 0 Å². The smallest absolute Gasteiger partial charge is 0.389 e. The first-order valence-electron chi connectivity index (χ1n) is 10.4. The Balaban J connectivity index is 1.52. The number of carbonyl (C=O) groups is 1. The van der Waals surface area contributed by atoms with E-state index in [1.54, 1.807) is 23.1 Å². The van der Waals surface area contributed by atoms with Crippen molar-refractivity contribution in [2.24, 2.45) is 11.8 Å². The highest BCUT2D eigenvalue weighted by Crippen LogP contribution is 2.39. The maximum Gasteiger partial charge on any atom is 0.418 e. The van der Waals surface area contributed by atoms with Gasteiger partial charge in [-0.05, 0) is 48.9 Å². The lowest BCUT2D eigenvalue weighted by Gasteiger charge is -2.39. The SMILES string of the molecule is C[C@H]1C[C@@H](CCC(=O)N2CC(O)C2)CN(c2ccc(C(F)(F)F)c3ncccc23)C1. The van der Waals surface area contributed by atoms with Gasteiger partial charge in [0.1, 0.15) is 0 Å². The molecule has 162 valence electrons. The van der Waals surface area contributed by atoms with Gasteiger partial charge >= 0.3 is 6.18 Å². The van der Waals surface area contributed by atoms with E-state index in [-0.39, 0.29) is 17.3 Å². The number of anilines is 1. The Morgan fingerprint density at radius 1 is 1.20 bits per heavy atom. The second-order valence-corrected chi connectivity index (χ2v) is 8.63. The molecule has 2 aromatic rings. The minimum atomic E-state index is -4.45. The van der Waals surface area contributed by atoms with Crippen LogP contribution in [0.5, 0.6) is 0 Å². The maximum absolute atomic E-state index is 13.4. The van der Waals surface area contributed by atoms with Crippen molar-refractivity contribution in [3.63, 3.8) is 0 Å². The first kappa shape index (κ1) is 20.9. The van der Waals surface area contributed by atoms with E-state index in [9.17, 15) is 23.1 Å². The molecule has 30 heavy (non-hydrogen) atoms. The molecule has 3 heterocycles. The number of aliphatic hydroxyl groups excluding tert-OH is 1. The number of piperidine rings is 1. The Kier molecular flexibility index (Phi) is 5.61. The molecule has 0 bridgehead atoms. The second kappa shape index (κ2) is 8.06. The molecule has 1 aromatic carbocycles. The largest absolute Gasteiger partial charge is 0.418 e. The van der Waals surface area contributed by atoms with Crippen LogP contribution in [0.15, 0.2) is 30.5 Å². The number of aromatic nitrogens is 1. The number of alkyl halides is 3. The van der Waals surface area contributed by atoms with Crippen molar-refractivity contribution in [1.29, 1.82) is 0 Å². The second-order valence-electron chi connectivity index (χ2n) is 8.63. The van der Waals surface area contributed by atoms with E-state index in [1.165, 1.54) is 6.20 Å². The van der Waals surface area contributed by atoms with Gasteiger partial charge < -0.3 is 14.9 Å². The van der Waals surface area contributed by atoms with E-state index in [0.717, 1.165) is 31.1 Å². The molecule has 2 saturated heterocycles. The molecular formula is C22H26F3N3O2. The van der Waals surface area contributed by atoms with Crippen LogP contribution in [0.2, 0.25) is 0 Å². The molecule has 0 spiro atoms. The molecule has 5 nitrogen and oxygen atoms in total. The van der Waals surface area contributed by atoms with Crippen LogP contribution in [0.25, 0.3) is 10.9 Å². The number of hydrogen-bond acceptors (Lipinski definition) is 4. The lowest BCUT2D eigenvalue weighted by molar-refractivity contribution is -0.141. The first-order chi connectivity index (χ1) is 14.2. The highest BCUT2D eigenvalue weighted by atomic mass is 19.4. The lowest BCUT2D eigenvalue weighted by Crippen LogP contribution is -2.53. The number of halogens is 3. The van der Waals surface area contributed by atoms with Crippen molar-refractivity contribution >= 4 is 22.5 Å². The summed E-state index contributed by atoms with van der Waals surface area (Å²) in [6.45, 7) is 4.43. The fraction of sp³-hybridized carbons (Fsp3) is 0.545. The van der Waals surface area contributed by atoms with Crippen molar-refractivity contribution < 1.29 is 23.1 Å². The third kappa shape index (κ3) is 4.24. The molecule has 1 aromatic heterocycles. The Morgan fingerprint density at radius 2 is 1.97 bits per heavy atom. The monoisotopic (exact) mass is 421 g/mol. The fourth-order valence-electron chi connectivity index (χ4n) is 4.69. The molecule has 2 aliphatic heterocycles. The summed E-state index contributed by atoms with van der Waals surface area (Å²) in [6, 6.07) is 6.03. The van der Waals surface area contributed by atoms with Crippen LogP contribution in [-0.2, 0) is 11.0 Å². The van der Waals surface area contributed by atoms with E-state index in [1.807, 2.05) is 0 Å². The number of fused-ring (bicyclic) bond motifs is 1. The molecule has 8 heteroatoms. The number of amides is 1. The summed E-state index contributed by atoms with van der Waals surface area (Å²) in [4.78, 5) is 20.1. The first-order valence-corrected chi connectivity index (χ1v) is 10.4. The normalized spacial score (nSPS) is 23.0. The molecule has 0 saturated carbocycles. The van der Waals surface area contributed by atoms with E-state index >= 15 is 0 Å². The van der Waals surface area contributed by atoms with Gasteiger partial charge in [0, 0.05) is 49.9 Å². The third-order valence-electron chi connectivity index (χ3n) is 6.12. The van der Waals surface area contributed by atoms with Gasteiger partial charge in [-0.15, -0.1) is 0 Å². The van der Waals surface area contributed by atoms with Crippen LogP contribution in [0.1, 0.15) is 31.7 Å². The summed E-state index contributed by atoms with van der Waals surface area (Å²) in [5.41, 5.74) is 0.0226. The summed E-state index contributed by atoms with van der Waals surface area (Å²) < 4.78 is 40.2. The zero-order valence-electron chi connectivity index (χ0n) is 16.9. The summed E-state index contributed by atoms with van der Waals surface area (Å²) in [5.74, 6) is 0.728. The number of nitrogens with zero attached hydrogens (tertiary/aromatic N) is 3. The fourth-order valence-corrected chi connectivity index (χ4v) is 4.69. The van der Waals surface area contributed by atoms with Crippen molar-refractivity contribution in [3.05, 3.63) is 36.0 Å². The summed E-state index contributed by atoms with van der Waals surface area (Å²) in [5, 5.41) is 9.87. The molecule has 0 unspecified atom stereocenters. The molecule has 4 rings (SSSR count). The quantitative estimate of drug-likeness (QED) is 0.818. The standard InChI is InChI=1S/C22H26F3N3O2/c1-14-9-15(4-7-20(30)28-12-16(29)13-28)11-27(10-14)19-6-5-18(22(23,24)25)21-17(19)3-2-8-26-21/h2-3,5-6,8,14-16,29H,4,7,9-13H2,1H3/t14-,15+/m0/s1. The lowest BCUT2D eigenvalue weighted by atomic mass is 9.86. The van der Waals surface area contributed by atoms with Crippen LogP contribution in [0.3, 0.4) is 0 Å². The highest BCUT2D eigenvalue weighted by molar-refractivity contribution is 5.94. The summed E-state index contributed by atoms with van der Waals surface area (Å²) in [7, 11) is 0. The van der Waals surface area contributed by atoms with E-state index in [2.05, 4.69) is 16.8 Å². The van der Waals surface area contributed by atoms with Crippen LogP contribution in [-0.4, -0.2) is 53.2 Å². The number of pyridine rings is 1. The van der Waals surface area contributed by atoms with Crippen molar-refractivity contribution in [2.75, 3.05) is 31.1 Å². The van der Waals surface area contributed by atoms with Crippen molar-refractivity contribution in [2.45, 2.75) is 38.5 Å². The number of hydrogen-bond donors (Lipinski definition) is 1. The van der Waals surface area contributed by atoms with Gasteiger partial charge in [-0.1, -0.05) is 6.92 Å². The minimum Gasteiger partial charge on any atom is -0.389 e. The topological polar surface area (TPSA) is 56.7 Å². The van der Waals surface area contributed by atoms with Gasteiger partial charge in [0.2, 0.25) is 5.91 Å². The van der Waals surface area contributed by atoms with Gasteiger partial charge in [0.05, 0.1) is 17.2 Å². The molecule has 2 aliphatic rings. The van der Waals surface area contributed by atoms with Gasteiger partial charge in [-0.25, -0.2) is 0 Å². The van der Waals surface area contributed by atoms with Crippen LogP contribution in [0.4, 0.5) is 18.9 Å². The van der Waals surface area contributed by atoms with E-state index < -0.39 is 17.8 Å². The van der Waals surface area contributed by atoms with Gasteiger partial charge in [0.15, 0.2) is 0 Å². The Hall–Kier alpha value is -2.35. The average Bonchev–Trinajstić information content (AvgIpc) is 2.67. The van der Waals surface area contributed by atoms with Gasteiger partial charge in [0.25, 0.3) is 0 Å². The Morgan fingerprint density at radius 3 is 2.67 bits per heavy atom. The molecule has 2 atom stereocenters. The zero-order valence-corrected chi connectivity index (χ0v) is 16.9. The third-order valence-corrected chi connectivity index (χ3v) is 6.12. The molecule has 0 radical (unpaired) electrons. The van der Waals surface area contributed by atoms with Crippen molar-refractivity contribution in [3.8, 4) is 0 Å². The van der Waals surface area contributed by atoms with Gasteiger partial charge in [-0.3, -0.25) is 9.78 Å². The minimum absolute atomic E-state index is 0.0243. The summed E-state index contributed by atoms with van der Waals surface area (Å²) >= 11 is 0. The molecule has 1 amide bonds. The summed E-state index contributed by atoms with van der Waals surface area (Å²) in [6.07, 6.45) is -1.30. The predicted octanol–water partition coefficient (Wildman–Crippen LogP) is 3.70. The molecule has 2 fully saturated rings. The Labute approximate surface area is 173 Å². The number of rotatable bonds is 4. The van der Waals surface area contributed by atoms with Crippen LogP contribution >= 0.6 is 0 Å². The highest BCUT2D eigenvalue weighted by Gasteiger charge is 2.35. The number of β-amino-alcohol motifs (C(OH)–C–C–N with tert-alkyl or cyclic N) is 1. The number of carbonyl (C=O) groups excluding carboxylic acids is 1. The number of benzene rings is 1. The number of aliphatic hydroxyl groups is 1. The van der Waals surface area contributed by atoms with E-state index in [0.29, 0.717) is 37.4 Å². The van der Waals surface area contributed by atoms with Crippen LogP contribution < -0.4 is 4.90 Å². The molecule has 1 N–H and O–H groups in total. The van der Waals surface area contributed by atoms with Crippen molar-refractivity contribution in [1.82, 2.24) is 9.88 Å². The average molecular weight is 421 g/mol. The number of likely N-dealkylation sites (tertiary alicyclic amines) is 1. The predicted molar refractivity (Wildman–Crippen MR) is 108 cm³/mol. The van der Waals surface area contributed by atoms with Gasteiger partial charge in [-0.2, -0.15) is 13.2 Å². The molecular weight excluding hydrogens is 395 g/mol. The Bertz CT molecular complexity index is 927. The zero-order chi connectivity index (χ0) is 21.5. The molecule has 0 aliphatic carbocycles. The maximum atomic E-state index is 13.4. The van der Waals surface area contributed by atoms with Crippen LogP contribution in [0, 0.1) is 11.8 Å².